The number of nitrogens with one attached hydrogen (secondary N) is 1. The SMILES string of the molecule is Cc1ccc(N2C=C(S)N=C(c3ccccc3)N2)cc1. The van der Waals surface area contributed by atoms with Crippen LogP contribution in [0.5, 0.6) is 0 Å². The molecule has 1 aliphatic heterocycles. The highest BCUT2D eigenvalue weighted by Gasteiger charge is 2.14. The molecule has 0 unspecified atom stereocenters. The molecular weight excluding hydrogens is 266 g/mol. The maximum Gasteiger partial charge on any atom is 0.153 e. The molecule has 1 heterocycles. The lowest BCUT2D eigenvalue weighted by atomic mass is 10.2. The molecule has 0 aromatic heterocycles. The molecule has 2 aromatic carbocycles. The van der Waals surface area contributed by atoms with Crippen LogP contribution in [0.1, 0.15) is 11.1 Å². The van der Waals surface area contributed by atoms with Crippen LogP contribution in [0, 0.1) is 6.92 Å². The van der Waals surface area contributed by atoms with Crippen molar-refractivity contribution < 1.29 is 0 Å². The Kier molecular flexibility index (Phi) is 3.48. The van der Waals surface area contributed by atoms with Gasteiger partial charge in [-0.2, -0.15) is 0 Å². The lowest BCUT2D eigenvalue weighted by molar-refractivity contribution is 0.899. The van der Waals surface area contributed by atoms with E-state index in [2.05, 4.69) is 54.2 Å². The monoisotopic (exact) mass is 281 g/mol. The van der Waals surface area contributed by atoms with Gasteiger partial charge in [0.15, 0.2) is 5.84 Å². The lowest BCUT2D eigenvalue weighted by Crippen LogP contribution is -2.41. The third-order valence-electron chi connectivity index (χ3n) is 3.06. The van der Waals surface area contributed by atoms with Crippen molar-refractivity contribution in [2.75, 3.05) is 5.01 Å². The van der Waals surface area contributed by atoms with Crippen molar-refractivity contribution in [1.82, 2.24) is 5.43 Å². The molecule has 1 aliphatic rings. The first-order chi connectivity index (χ1) is 9.72. The smallest absolute Gasteiger partial charge is 0.153 e. The molecule has 2 aromatic rings. The third kappa shape index (κ3) is 2.70. The first kappa shape index (κ1) is 12.8. The fraction of sp³-hybridized carbons (Fsp3) is 0.0625. The van der Waals surface area contributed by atoms with Crippen molar-refractivity contribution in [2.45, 2.75) is 6.92 Å². The summed E-state index contributed by atoms with van der Waals surface area (Å²) in [5.74, 6) is 0.790. The minimum absolute atomic E-state index is 0.670. The molecule has 0 atom stereocenters. The Balaban J connectivity index is 1.91. The number of anilines is 1. The molecule has 0 saturated heterocycles. The molecule has 0 aliphatic carbocycles. The maximum atomic E-state index is 4.43. The Morgan fingerprint density at radius 1 is 1.00 bits per heavy atom. The second kappa shape index (κ2) is 5.43. The highest BCUT2D eigenvalue weighted by atomic mass is 32.1. The normalized spacial score (nSPS) is 14.4. The van der Waals surface area contributed by atoms with E-state index >= 15 is 0 Å². The highest BCUT2D eigenvalue weighted by Crippen LogP contribution is 2.20. The van der Waals surface area contributed by atoms with Crippen LogP contribution in [0.2, 0.25) is 0 Å². The molecule has 100 valence electrons. The van der Waals surface area contributed by atoms with Crippen molar-refractivity contribution in [3.05, 3.63) is 77.0 Å². The molecule has 20 heavy (non-hydrogen) atoms. The second-order valence-corrected chi connectivity index (χ2v) is 5.09. The summed E-state index contributed by atoms with van der Waals surface area (Å²) in [7, 11) is 0. The zero-order chi connectivity index (χ0) is 13.9. The number of thiol groups is 1. The average Bonchev–Trinajstić information content (AvgIpc) is 2.48. The summed E-state index contributed by atoms with van der Waals surface area (Å²) < 4.78 is 0. The number of hydrazine groups is 1. The Morgan fingerprint density at radius 2 is 1.70 bits per heavy atom. The van der Waals surface area contributed by atoms with Crippen LogP contribution in [0.4, 0.5) is 5.69 Å². The van der Waals surface area contributed by atoms with Crippen molar-refractivity contribution in [2.24, 2.45) is 4.99 Å². The van der Waals surface area contributed by atoms with Crippen molar-refractivity contribution >= 4 is 24.2 Å². The van der Waals surface area contributed by atoms with Gasteiger partial charge in [0.1, 0.15) is 5.03 Å². The van der Waals surface area contributed by atoms with Crippen LogP contribution in [0.3, 0.4) is 0 Å². The van der Waals surface area contributed by atoms with Gasteiger partial charge in [0.25, 0.3) is 0 Å². The molecule has 0 radical (unpaired) electrons. The van der Waals surface area contributed by atoms with Gasteiger partial charge < -0.3 is 0 Å². The summed E-state index contributed by atoms with van der Waals surface area (Å²) in [6.07, 6.45) is 1.86. The summed E-state index contributed by atoms with van der Waals surface area (Å²) in [5, 5.41) is 2.60. The first-order valence-corrected chi connectivity index (χ1v) is 6.84. The number of aliphatic imine (C=N–C) groups is 1. The van der Waals surface area contributed by atoms with Gasteiger partial charge in [-0.15, -0.1) is 12.6 Å². The molecule has 3 nitrogen and oxygen atoms in total. The molecule has 0 amide bonds. The largest absolute Gasteiger partial charge is 0.277 e. The number of hydrogen-bond donors (Lipinski definition) is 2. The molecule has 0 spiro atoms. The topological polar surface area (TPSA) is 27.6 Å². The van der Waals surface area contributed by atoms with Crippen molar-refractivity contribution in [1.29, 1.82) is 0 Å². The second-order valence-electron chi connectivity index (χ2n) is 4.63. The van der Waals surface area contributed by atoms with E-state index in [9.17, 15) is 0 Å². The minimum atomic E-state index is 0.670. The van der Waals surface area contributed by atoms with E-state index in [1.54, 1.807) is 0 Å². The number of aryl methyl sites for hydroxylation is 1. The molecule has 0 bridgehead atoms. The van der Waals surface area contributed by atoms with Crippen LogP contribution in [-0.4, -0.2) is 5.84 Å². The summed E-state index contributed by atoms with van der Waals surface area (Å²) in [4.78, 5) is 4.43. The fourth-order valence-electron chi connectivity index (χ4n) is 2.00. The van der Waals surface area contributed by atoms with Crippen LogP contribution in [0.15, 0.2) is 70.8 Å². The van der Waals surface area contributed by atoms with Crippen molar-refractivity contribution in [3.8, 4) is 0 Å². The Morgan fingerprint density at radius 3 is 2.40 bits per heavy atom. The molecule has 1 N–H and O–H groups in total. The minimum Gasteiger partial charge on any atom is -0.277 e. The van der Waals surface area contributed by atoms with E-state index in [4.69, 9.17) is 0 Å². The van der Waals surface area contributed by atoms with Gasteiger partial charge in [-0.25, -0.2) is 4.99 Å². The van der Waals surface area contributed by atoms with Gasteiger partial charge in [-0.05, 0) is 19.1 Å². The molecule has 0 fully saturated rings. The Labute approximate surface area is 124 Å². The maximum absolute atomic E-state index is 4.43. The summed E-state index contributed by atoms with van der Waals surface area (Å²) in [6.45, 7) is 2.07. The van der Waals surface area contributed by atoms with E-state index in [1.165, 1.54) is 5.56 Å². The average molecular weight is 281 g/mol. The van der Waals surface area contributed by atoms with Crippen LogP contribution in [-0.2, 0) is 0 Å². The summed E-state index contributed by atoms with van der Waals surface area (Å²) >= 11 is 4.39. The number of benzene rings is 2. The Bertz CT molecular complexity index is 660. The van der Waals surface area contributed by atoms with Gasteiger partial charge >= 0.3 is 0 Å². The van der Waals surface area contributed by atoms with Crippen LogP contribution < -0.4 is 10.4 Å². The zero-order valence-electron chi connectivity index (χ0n) is 11.1. The van der Waals surface area contributed by atoms with Gasteiger partial charge in [-0.3, -0.25) is 10.4 Å². The van der Waals surface area contributed by atoms with Crippen molar-refractivity contribution in [3.63, 3.8) is 0 Å². The van der Waals surface area contributed by atoms with Gasteiger partial charge in [0, 0.05) is 5.56 Å². The lowest BCUT2D eigenvalue weighted by Gasteiger charge is -2.27. The fourth-order valence-corrected chi connectivity index (χ4v) is 2.22. The standard InChI is InChI=1S/C16H15N3S/c1-12-7-9-14(10-8-12)19-11-15(20)17-16(18-19)13-5-3-2-4-6-13/h2-11,20H,1H3,(H,17,18). The Hall–Kier alpha value is -2.20. The molecule has 0 saturated carbocycles. The third-order valence-corrected chi connectivity index (χ3v) is 3.27. The number of amidine groups is 1. The van der Waals surface area contributed by atoms with E-state index in [1.807, 2.05) is 41.5 Å². The summed E-state index contributed by atoms with van der Waals surface area (Å²) in [5.41, 5.74) is 6.61. The predicted octanol–water partition coefficient (Wildman–Crippen LogP) is 3.50. The van der Waals surface area contributed by atoms with E-state index in [0.717, 1.165) is 17.1 Å². The van der Waals surface area contributed by atoms with Crippen LogP contribution in [0.25, 0.3) is 0 Å². The van der Waals surface area contributed by atoms with Gasteiger partial charge in [-0.1, -0.05) is 48.0 Å². The van der Waals surface area contributed by atoms with Gasteiger partial charge in [0.2, 0.25) is 0 Å². The van der Waals surface area contributed by atoms with Gasteiger partial charge in [0.05, 0.1) is 11.9 Å². The van der Waals surface area contributed by atoms with E-state index in [0.29, 0.717) is 5.03 Å². The molecular formula is C16H15N3S. The number of rotatable bonds is 2. The zero-order valence-corrected chi connectivity index (χ0v) is 12.0. The van der Waals surface area contributed by atoms with E-state index in [-0.39, 0.29) is 0 Å². The number of nitrogens with zero attached hydrogens (tertiary/aromatic N) is 2. The van der Waals surface area contributed by atoms with Crippen LogP contribution >= 0.6 is 12.6 Å². The quantitative estimate of drug-likeness (QED) is 0.825. The summed E-state index contributed by atoms with van der Waals surface area (Å²) in [6, 6.07) is 18.3. The van der Waals surface area contributed by atoms with E-state index < -0.39 is 0 Å². The first-order valence-electron chi connectivity index (χ1n) is 6.40. The number of hydrogen-bond acceptors (Lipinski definition) is 4. The highest BCUT2D eigenvalue weighted by molar-refractivity contribution is 7.84. The molecule has 3 rings (SSSR count). The molecule has 4 heteroatoms. The predicted molar refractivity (Wildman–Crippen MR) is 86.8 cm³/mol.